The van der Waals surface area contributed by atoms with Crippen molar-refractivity contribution in [1.82, 2.24) is 10.6 Å². The van der Waals surface area contributed by atoms with Crippen LogP contribution >= 0.6 is 0 Å². The average molecular weight is 755 g/mol. The summed E-state index contributed by atoms with van der Waals surface area (Å²) in [6, 6.07) is -0.671. The minimum Gasteiger partial charge on any atom is -0.467 e. The zero-order chi connectivity index (χ0) is 40.1. The van der Waals surface area contributed by atoms with Gasteiger partial charge in [-0.2, -0.15) is 0 Å². The highest BCUT2D eigenvalue weighted by Gasteiger charge is 2.20. The lowest BCUT2D eigenvalue weighted by molar-refractivity contribution is -0.145. The molecule has 0 aromatic heterocycles. The Balaban J connectivity index is 3.97. The third-order valence-corrected chi connectivity index (χ3v) is 8.13. The van der Waals surface area contributed by atoms with Gasteiger partial charge in [0, 0.05) is 19.4 Å². The molecule has 1 atom stereocenters. The van der Waals surface area contributed by atoms with Gasteiger partial charge in [-0.1, -0.05) is 148 Å². The van der Waals surface area contributed by atoms with Crippen molar-refractivity contribution in [3.05, 3.63) is 134 Å². The lowest BCUT2D eigenvalue weighted by Crippen LogP contribution is -2.41. The molecule has 0 aliphatic rings. The van der Waals surface area contributed by atoms with Crippen molar-refractivity contribution in [2.45, 2.75) is 142 Å². The number of methoxy groups -OCH3 is 1. The minimum atomic E-state index is -0.671. The van der Waals surface area contributed by atoms with Gasteiger partial charge >= 0.3 is 5.97 Å². The molecule has 0 aromatic carbocycles. The molecule has 6 nitrogen and oxygen atoms in total. The number of hydrogen-bond donors (Lipinski definition) is 2. The molecule has 0 bridgehead atoms. The second-order valence-corrected chi connectivity index (χ2v) is 13.0. The van der Waals surface area contributed by atoms with Gasteiger partial charge in [0.25, 0.3) is 0 Å². The maximum absolute atomic E-state index is 12.5. The third-order valence-electron chi connectivity index (χ3n) is 8.13. The summed E-state index contributed by atoms with van der Waals surface area (Å²) in [6.07, 6.45) is 63.3. The van der Waals surface area contributed by atoms with Crippen molar-refractivity contribution in [2.75, 3.05) is 13.7 Å². The van der Waals surface area contributed by atoms with E-state index in [1.165, 1.54) is 7.11 Å². The van der Waals surface area contributed by atoms with Crippen LogP contribution in [-0.4, -0.2) is 37.5 Å². The molecule has 0 aliphatic heterocycles. The summed E-state index contributed by atoms with van der Waals surface area (Å²) in [5, 5.41) is 5.78. The van der Waals surface area contributed by atoms with Gasteiger partial charge in [0.15, 0.2) is 0 Å². The predicted molar refractivity (Wildman–Crippen MR) is 237 cm³/mol. The topological polar surface area (TPSA) is 84.5 Å². The highest BCUT2D eigenvalue weighted by atomic mass is 16.5. The quantitative estimate of drug-likeness (QED) is 0.0389. The van der Waals surface area contributed by atoms with Crippen LogP contribution < -0.4 is 10.6 Å². The SMILES string of the molecule is CCC=CCC=CCC=CCC=CCC=CCC=CCCC(=O)NCCCC[C@H](NC(=O)CCCC=CCC=CCC=CCC=CCC=CCC)C(=O)OC. The smallest absolute Gasteiger partial charge is 0.328 e. The first-order chi connectivity index (χ1) is 27.0. The molecule has 0 unspecified atom stereocenters. The van der Waals surface area contributed by atoms with Gasteiger partial charge in [0.1, 0.15) is 6.04 Å². The second-order valence-electron chi connectivity index (χ2n) is 13.0. The van der Waals surface area contributed by atoms with Crippen LogP contribution in [0.4, 0.5) is 0 Å². The van der Waals surface area contributed by atoms with E-state index in [0.29, 0.717) is 38.6 Å². The lowest BCUT2D eigenvalue weighted by atomic mass is 10.1. The highest BCUT2D eigenvalue weighted by Crippen LogP contribution is 2.06. The largest absolute Gasteiger partial charge is 0.467 e. The fourth-order valence-electron chi connectivity index (χ4n) is 5.05. The van der Waals surface area contributed by atoms with Gasteiger partial charge in [-0.25, -0.2) is 4.79 Å². The summed E-state index contributed by atoms with van der Waals surface area (Å²) in [4.78, 5) is 36.9. The van der Waals surface area contributed by atoms with Gasteiger partial charge in [-0.15, -0.1) is 0 Å². The van der Waals surface area contributed by atoms with E-state index in [0.717, 1.165) is 89.9 Å². The predicted octanol–water partition coefficient (Wildman–Crippen LogP) is 12.3. The number of nitrogens with one attached hydrogen (secondary N) is 2. The van der Waals surface area contributed by atoms with Crippen molar-refractivity contribution >= 4 is 17.8 Å². The first-order valence-corrected chi connectivity index (χ1v) is 20.8. The van der Waals surface area contributed by atoms with Gasteiger partial charge in [0.2, 0.25) is 11.8 Å². The third kappa shape index (κ3) is 39.1. The Morgan fingerprint density at radius 3 is 1.24 bits per heavy atom. The summed E-state index contributed by atoms with van der Waals surface area (Å²) < 4.78 is 4.91. The summed E-state index contributed by atoms with van der Waals surface area (Å²) in [5.41, 5.74) is 0. The zero-order valence-corrected chi connectivity index (χ0v) is 34.6. The fraction of sp³-hybridized carbons (Fsp3) is 0.490. The van der Waals surface area contributed by atoms with Crippen LogP contribution in [-0.2, 0) is 19.1 Å². The van der Waals surface area contributed by atoms with Crippen LogP contribution in [0.5, 0.6) is 0 Å². The highest BCUT2D eigenvalue weighted by molar-refractivity contribution is 5.84. The van der Waals surface area contributed by atoms with Crippen LogP contribution in [0.25, 0.3) is 0 Å². The van der Waals surface area contributed by atoms with Crippen molar-refractivity contribution < 1.29 is 19.1 Å². The molecule has 0 saturated heterocycles. The van der Waals surface area contributed by atoms with E-state index in [1.54, 1.807) is 0 Å². The van der Waals surface area contributed by atoms with E-state index >= 15 is 0 Å². The van der Waals surface area contributed by atoms with E-state index in [9.17, 15) is 14.4 Å². The molecule has 2 amide bonds. The van der Waals surface area contributed by atoms with Crippen molar-refractivity contribution in [2.24, 2.45) is 0 Å². The average Bonchev–Trinajstić information content (AvgIpc) is 3.19. The van der Waals surface area contributed by atoms with Crippen molar-refractivity contribution in [1.29, 1.82) is 0 Å². The Morgan fingerprint density at radius 1 is 0.455 bits per heavy atom. The van der Waals surface area contributed by atoms with E-state index in [4.69, 9.17) is 4.74 Å². The molecule has 0 radical (unpaired) electrons. The number of hydrogen-bond acceptors (Lipinski definition) is 4. The Hall–Kier alpha value is -4.45. The molecular formula is C49H74N2O4. The van der Waals surface area contributed by atoms with Gasteiger partial charge in [0.05, 0.1) is 7.11 Å². The Labute approximate surface area is 335 Å². The number of allylic oxidation sites excluding steroid dienone is 22. The van der Waals surface area contributed by atoms with Crippen LogP contribution in [0.1, 0.15) is 136 Å². The molecule has 6 heteroatoms. The van der Waals surface area contributed by atoms with Crippen molar-refractivity contribution in [3.63, 3.8) is 0 Å². The maximum Gasteiger partial charge on any atom is 0.328 e. The lowest BCUT2D eigenvalue weighted by Gasteiger charge is -2.16. The molecule has 0 spiro atoms. The molecular weight excluding hydrogens is 681 g/mol. The molecule has 55 heavy (non-hydrogen) atoms. The van der Waals surface area contributed by atoms with Crippen LogP contribution in [0.15, 0.2) is 134 Å². The number of carbonyl (C=O) groups excluding carboxylic acids is 3. The molecule has 0 aromatic rings. The molecule has 0 saturated carbocycles. The summed E-state index contributed by atoms with van der Waals surface area (Å²) >= 11 is 0. The maximum atomic E-state index is 12.5. The standard InChI is InChI=1S/C49H74N2O4/c1-4-6-8-10-12-14-16-18-20-22-23-25-26-28-30-32-34-36-38-43-47(52)50-45-41-40-42-46(49(54)55-3)51-48(53)44-39-37-35-33-31-29-27-24-21-19-17-15-13-11-9-7-5-2/h6-9,12-15,18-21,23,25,27-30,33-36,46H,4-5,10-11,16-17,22,24,26,31-32,37-45H2,1-3H3,(H,50,52)(H,51,53)/t46-/m0/s1. The summed E-state index contributed by atoms with van der Waals surface area (Å²) in [7, 11) is 1.33. The number of unbranched alkanes of at least 4 members (excludes halogenated alkanes) is 2. The number of rotatable bonds is 34. The zero-order valence-electron chi connectivity index (χ0n) is 34.6. The second kappa shape index (κ2) is 42.3. The molecule has 0 fully saturated rings. The van der Waals surface area contributed by atoms with E-state index < -0.39 is 12.0 Å². The minimum absolute atomic E-state index is 0.0184. The fourth-order valence-corrected chi connectivity index (χ4v) is 5.05. The monoisotopic (exact) mass is 755 g/mol. The van der Waals surface area contributed by atoms with Crippen molar-refractivity contribution in [3.8, 4) is 0 Å². The number of esters is 1. The van der Waals surface area contributed by atoms with Gasteiger partial charge < -0.3 is 15.4 Å². The molecule has 0 heterocycles. The van der Waals surface area contributed by atoms with E-state index in [2.05, 4.69) is 152 Å². The Bertz CT molecular complexity index is 1290. The number of amides is 2. The first-order valence-electron chi connectivity index (χ1n) is 20.8. The van der Waals surface area contributed by atoms with E-state index in [1.807, 2.05) is 6.08 Å². The molecule has 304 valence electrons. The Kier molecular flexibility index (Phi) is 38.9. The molecule has 0 rings (SSSR count). The molecule has 2 N–H and O–H groups in total. The van der Waals surface area contributed by atoms with Gasteiger partial charge in [-0.05, 0) is 109 Å². The number of ether oxygens (including phenoxy) is 1. The summed E-state index contributed by atoms with van der Waals surface area (Å²) in [6.45, 7) is 4.83. The first kappa shape index (κ1) is 50.5. The summed E-state index contributed by atoms with van der Waals surface area (Å²) in [5.74, 6) is -0.568. The van der Waals surface area contributed by atoms with Gasteiger partial charge in [-0.3, -0.25) is 9.59 Å². The van der Waals surface area contributed by atoms with E-state index in [-0.39, 0.29) is 11.8 Å². The van der Waals surface area contributed by atoms with Crippen LogP contribution in [0.2, 0.25) is 0 Å². The van der Waals surface area contributed by atoms with Crippen LogP contribution in [0.3, 0.4) is 0 Å². The number of carbonyl (C=O) groups is 3. The Morgan fingerprint density at radius 2 is 0.836 bits per heavy atom. The molecule has 0 aliphatic carbocycles. The van der Waals surface area contributed by atoms with Crippen LogP contribution in [0, 0.1) is 0 Å². The normalized spacial score (nSPS) is 13.4.